The smallest absolute Gasteiger partial charge is 0.417 e. The number of benzene rings is 1. The number of hydrogen-bond acceptors (Lipinski definition) is 5. The van der Waals surface area contributed by atoms with Gasteiger partial charge in [-0.15, -0.1) is 0 Å². The van der Waals surface area contributed by atoms with Crippen molar-refractivity contribution >= 4 is 22.5 Å². The molecule has 0 aliphatic heterocycles. The van der Waals surface area contributed by atoms with Crippen LogP contribution >= 0.6 is 0 Å². The molecule has 0 aliphatic rings. The fraction of sp³-hybridized carbons (Fsp3) is 0.208. The standard InChI is InChI=1S/C24H23F3N4O2/c1-4-5-21(15(2)23(32)31-18-10-17(13-28-14-18)24(25,26)27)30-12-16-8-9-29-22-11-19(33-3)6-7-20(16)22/h4-11,13-14,30H,12H2,1-3H3,(H,31,32)/b5-4-,21-15-. The highest BCUT2D eigenvalue weighted by molar-refractivity contribution is 6.04. The normalized spacial score (nSPS) is 12.5. The average Bonchev–Trinajstić information content (AvgIpc) is 2.80. The summed E-state index contributed by atoms with van der Waals surface area (Å²) in [6, 6.07) is 8.32. The van der Waals surface area contributed by atoms with Crippen molar-refractivity contribution in [1.29, 1.82) is 0 Å². The number of carbonyl (C=O) groups is 1. The molecule has 33 heavy (non-hydrogen) atoms. The van der Waals surface area contributed by atoms with Gasteiger partial charge in [-0.25, -0.2) is 0 Å². The van der Waals surface area contributed by atoms with E-state index in [4.69, 9.17) is 4.74 Å². The Morgan fingerprint density at radius 1 is 1.18 bits per heavy atom. The van der Waals surface area contributed by atoms with Gasteiger partial charge < -0.3 is 15.4 Å². The summed E-state index contributed by atoms with van der Waals surface area (Å²) in [4.78, 5) is 20.6. The van der Waals surface area contributed by atoms with Crippen molar-refractivity contribution in [3.05, 3.63) is 83.5 Å². The van der Waals surface area contributed by atoms with Gasteiger partial charge in [-0.3, -0.25) is 14.8 Å². The summed E-state index contributed by atoms with van der Waals surface area (Å²) >= 11 is 0. The third-order valence-corrected chi connectivity index (χ3v) is 4.91. The van der Waals surface area contributed by atoms with E-state index < -0.39 is 17.6 Å². The molecule has 0 saturated heterocycles. The van der Waals surface area contributed by atoms with Gasteiger partial charge in [-0.1, -0.05) is 6.08 Å². The number of anilines is 1. The summed E-state index contributed by atoms with van der Waals surface area (Å²) in [6.45, 7) is 3.80. The van der Waals surface area contributed by atoms with Crippen LogP contribution in [0.15, 0.2) is 72.3 Å². The van der Waals surface area contributed by atoms with Gasteiger partial charge in [0.1, 0.15) is 5.75 Å². The molecule has 0 atom stereocenters. The Bertz CT molecular complexity index is 1220. The number of nitrogens with zero attached hydrogens (tertiary/aromatic N) is 2. The third kappa shape index (κ3) is 5.88. The van der Waals surface area contributed by atoms with Gasteiger partial charge in [-0.2, -0.15) is 13.2 Å². The lowest BCUT2D eigenvalue weighted by atomic mass is 10.1. The number of nitrogens with one attached hydrogen (secondary N) is 2. The van der Waals surface area contributed by atoms with E-state index >= 15 is 0 Å². The Kier molecular flexibility index (Phi) is 7.32. The first kappa shape index (κ1) is 23.8. The van der Waals surface area contributed by atoms with E-state index in [1.807, 2.05) is 24.3 Å². The number of ether oxygens (including phenoxy) is 1. The van der Waals surface area contributed by atoms with Gasteiger partial charge in [0.05, 0.1) is 30.1 Å². The number of carbonyl (C=O) groups excluding carboxylic acids is 1. The highest BCUT2D eigenvalue weighted by atomic mass is 19.4. The summed E-state index contributed by atoms with van der Waals surface area (Å²) in [7, 11) is 1.59. The molecule has 0 radical (unpaired) electrons. The summed E-state index contributed by atoms with van der Waals surface area (Å²) in [5.41, 5.74) is 1.61. The van der Waals surface area contributed by atoms with E-state index in [-0.39, 0.29) is 5.69 Å². The van der Waals surface area contributed by atoms with E-state index in [2.05, 4.69) is 20.6 Å². The Balaban J connectivity index is 1.81. The molecule has 0 saturated carbocycles. The maximum absolute atomic E-state index is 12.9. The van der Waals surface area contributed by atoms with Crippen LogP contribution in [0.1, 0.15) is 25.0 Å². The maximum atomic E-state index is 12.9. The number of halogens is 3. The summed E-state index contributed by atoms with van der Waals surface area (Å²) in [6.07, 6.45) is 2.51. The average molecular weight is 456 g/mol. The number of methoxy groups -OCH3 is 1. The van der Waals surface area contributed by atoms with Crippen LogP contribution < -0.4 is 15.4 Å². The van der Waals surface area contributed by atoms with Crippen molar-refractivity contribution < 1.29 is 22.7 Å². The molecule has 1 amide bonds. The summed E-state index contributed by atoms with van der Waals surface area (Å²) < 4.78 is 44.0. The number of rotatable bonds is 7. The first-order valence-corrected chi connectivity index (χ1v) is 10.1. The Hall–Kier alpha value is -3.88. The molecular formula is C24H23F3N4O2. The first-order valence-electron chi connectivity index (χ1n) is 10.1. The zero-order valence-corrected chi connectivity index (χ0v) is 18.3. The maximum Gasteiger partial charge on any atom is 0.417 e. The molecule has 1 aromatic carbocycles. The predicted octanol–water partition coefficient (Wildman–Crippen LogP) is 5.24. The molecule has 9 heteroatoms. The Morgan fingerprint density at radius 2 is 1.97 bits per heavy atom. The largest absolute Gasteiger partial charge is 0.497 e. The molecule has 0 unspecified atom stereocenters. The second kappa shape index (κ2) is 10.2. The highest BCUT2D eigenvalue weighted by Crippen LogP contribution is 2.30. The topological polar surface area (TPSA) is 76.1 Å². The summed E-state index contributed by atoms with van der Waals surface area (Å²) in [5.74, 6) is 0.159. The Labute approximate surface area is 189 Å². The van der Waals surface area contributed by atoms with Gasteiger partial charge in [0.15, 0.2) is 0 Å². The van der Waals surface area contributed by atoms with Crippen LogP contribution in [0.5, 0.6) is 5.75 Å². The number of hydrogen-bond donors (Lipinski definition) is 2. The first-order chi connectivity index (χ1) is 15.7. The number of pyridine rings is 2. The molecule has 0 spiro atoms. The van der Waals surface area contributed by atoms with E-state index in [1.165, 1.54) is 6.20 Å². The predicted molar refractivity (Wildman–Crippen MR) is 121 cm³/mol. The second-order valence-electron chi connectivity index (χ2n) is 7.16. The molecule has 2 aromatic heterocycles. The van der Waals surface area contributed by atoms with E-state index in [1.54, 1.807) is 39.3 Å². The van der Waals surface area contributed by atoms with Crippen LogP contribution in [-0.2, 0) is 17.5 Å². The minimum absolute atomic E-state index is 0.0388. The fourth-order valence-corrected chi connectivity index (χ4v) is 3.15. The molecule has 0 bridgehead atoms. The lowest BCUT2D eigenvalue weighted by molar-refractivity contribution is -0.137. The van der Waals surface area contributed by atoms with Gasteiger partial charge in [-0.05, 0) is 49.8 Å². The zero-order valence-electron chi connectivity index (χ0n) is 18.3. The monoisotopic (exact) mass is 456 g/mol. The van der Waals surface area contributed by atoms with Crippen LogP contribution in [0.3, 0.4) is 0 Å². The summed E-state index contributed by atoms with van der Waals surface area (Å²) in [5, 5.41) is 6.65. The van der Waals surface area contributed by atoms with Crippen molar-refractivity contribution in [3.63, 3.8) is 0 Å². The zero-order chi connectivity index (χ0) is 24.0. The Morgan fingerprint density at radius 3 is 2.67 bits per heavy atom. The van der Waals surface area contributed by atoms with Crippen LogP contribution in [0.2, 0.25) is 0 Å². The van der Waals surface area contributed by atoms with Gasteiger partial charge in [0, 0.05) is 41.7 Å². The quantitative estimate of drug-likeness (QED) is 0.376. The highest BCUT2D eigenvalue weighted by Gasteiger charge is 2.31. The van der Waals surface area contributed by atoms with Crippen LogP contribution in [0, 0.1) is 0 Å². The minimum atomic E-state index is -4.55. The molecule has 2 N–H and O–H groups in total. The molecule has 0 fully saturated rings. The van der Waals surface area contributed by atoms with Crippen LogP contribution in [0.4, 0.5) is 18.9 Å². The molecule has 3 aromatic rings. The van der Waals surface area contributed by atoms with Crippen molar-refractivity contribution in [3.8, 4) is 5.75 Å². The van der Waals surface area contributed by atoms with Crippen molar-refractivity contribution in [2.45, 2.75) is 26.6 Å². The lowest BCUT2D eigenvalue weighted by Crippen LogP contribution is -2.21. The van der Waals surface area contributed by atoms with E-state index in [9.17, 15) is 18.0 Å². The van der Waals surface area contributed by atoms with Crippen LogP contribution in [0.25, 0.3) is 10.9 Å². The lowest BCUT2D eigenvalue weighted by Gasteiger charge is -2.14. The van der Waals surface area contributed by atoms with Crippen molar-refractivity contribution in [1.82, 2.24) is 15.3 Å². The molecule has 6 nitrogen and oxygen atoms in total. The molecule has 3 rings (SSSR count). The van der Waals surface area contributed by atoms with E-state index in [0.717, 1.165) is 22.5 Å². The van der Waals surface area contributed by atoms with Gasteiger partial charge in [0.25, 0.3) is 5.91 Å². The molecule has 2 heterocycles. The van der Waals surface area contributed by atoms with E-state index in [0.29, 0.717) is 29.8 Å². The third-order valence-electron chi connectivity index (χ3n) is 4.91. The molecule has 0 aliphatic carbocycles. The number of aromatic nitrogens is 2. The van der Waals surface area contributed by atoms with Gasteiger partial charge in [0.2, 0.25) is 0 Å². The van der Waals surface area contributed by atoms with Crippen molar-refractivity contribution in [2.75, 3.05) is 12.4 Å². The number of allylic oxidation sites excluding steroid dienone is 2. The fourth-order valence-electron chi connectivity index (χ4n) is 3.15. The number of fused-ring (bicyclic) bond motifs is 1. The number of amides is 1. The number of alkyl halides is 3. The minimum Gasteiger partial charge on any atom is -0.497 e. The molecular weight excluding hydrogens is 433 g/mol. The van der Waals surface area contributed by atoms with Crippen molar-refractivity contribution in [2.24, 2.45) is 0 Å². The van der Waals surface area contributed by atoms with Gasteiger partial charge >= 0.3 is 6.18 Å². The van der Waals surface area contributed by atoms with Crippen LogP contribution in [-0.4, -0.2) is 23.0 Å². The molecule has 172 valence electrons. The SMILES string of the molecule is C/C=C\C(NCc1ccnc2cc(OC)ccc12)=C(/C)C(=O)Nc1cncc(C(F)(F)F)c1. The second-order valence-corrected chi connectivity index (χ2v) is 7.16.